The number of nitrogens with two attached hydrogens (primary N) is 1. The number of amides is 1. The van der Waals surface area contributed by atoms with Gasteiger partial charge >= 0.3 is 0 Å². The number of hydrogen-bond donors (Lipinski definition) is 3. The highest BCUT2D eigenvalue weighted by Crippen LogP contribution is 2.27. The molecule has 162 valence electrons. The van der Waals surface area contributed by atoms with E-state index in [1.807, 2.05) is 24.3 Å². The third-order valence-corrected chi connectivity index (χ3v) is 5.20. The molecule has 4 N–H and O–H groups in total. The van der Waals surface area contributed by atoms with Gasteiger partial charge in [-0.05, 0) is 42.7 Å². The number of primary sulfonamides is 1. The molecule has 11 heteroatoms. The van der Waals surface area contributed by atoms with Crippen LogP contribution in [-0.4, -0.2) is 39.4 Å². The van der Waals surface area contributed by atoms with E-state index in [0.717, 1.165) is 30.2 Å². The number of sulfonamides is 1. The molecule has 0 aliphatic rings. The molecule has 0 unspecified atom stereocenters. The van der Waals surface area contributed by atoms with Crippen molar-refractivity contribution in [2.24, 2.45) is 5.14 Å². The average molecular weight is 436 g/mol. The van der Waals surface area contributed by atoms with Gasteiger partial charge in [0.2, 0.25) is 15.9 Å². The van der Waals surface area contributed by atoms with E-state index in [2.05, 4.69) is 10.6 Å². The molecule has 2 aromatic carbocycles. The monoisotopic (exact) mass is 436 g/mol. The van der Waals surface area contributed by atoms with Crippen molar-refractivity contribution in [3.05, 3.63) is 58.1 Å². The van der Waals surface area contributed by atoms with E-state index in [4.69, 9.17) is 9.88 Å². The Kier molecular flexibility index (Phi) is 8.13. The molecular weight excluding hydrogens is 412 g/mol. The number of anilines is 1. The molecule has 0 saturated heterocycles. The van der Waals surface area contributed by atoms with Crippen LogP contribution in [0.15, 0.2) is 47.4 Å². The molecule has 0 heterocycles. The minimum absolute atomic E-state index is 0.108. The Morgan fingerprint density at radius 1 is 1.17 bits per heavy atom. The van der Waals surface area contributed by atoms with Crippen molar-refractivity contribution in [1.29, 1.82) is 0 Å². The normalized spacial score (nSPS) is 11.0. The molecule has 0 aliphatic carbocycles. The molecule has 0 aliphatic heterocycles. The number of aryl methyl sites for hydroxylation is 1. The Balaban J connectivity index is 1.76. The lowest BCUT2D eigenvalue weighted by molar-refractivity contribution is -0.384. The summed E-state index contributed by atoms with van der Waals surface area (Å²) in [7, 11) is -2.44. The van der Waals surface area contributed by atoms with Gasteiger partial charge in [-0.25, -0.2) is 13.6 Å². The second-order valence-electron chi connectivity index (χ2n) is 6.46. The highest BCUT2D eigenvalue weighted by Gasteiger charge is 2.19. The maximum Gasteiger partial charge on any atom is 0.293 e. The maximum absolute atomic E-state index is 11.9. The maximum atomic E-state index is 11.9. The van der Waals surface area contributed by atoms with Crippen LogP contribution in [0, 0.1) is 10.1 Å². The summed E-state index contributed by atoms with van der Waals surface area (Å²) in [5, 5.41) is 21.7. The number of carbonyl (C=O) groups excluding carboxylic acids is 1. The van der Waals surface area contributed by atoms with Gasteiger partial charge in [0.15, 0.2) is 0 Å². The third-order valence-electron chi connectivity index (χ3n) is 4.29. The Bertz CT molecular complexity index is 993. The molecule has 0 fully saturated rings. The summed E-state index contributed by atoms with van der Waals surface area (Å²) in [4.78, 5) is 22.0. The zero-order valence-corrected chi connectivity index (χ0v) is 17.3. The van der Waals surface area contributed by atoms with Crippen LogP contribution in [0.4, 0.5) is 11.4 Å². The summed E-state index contributed by atoms with van der Waals surface area (Å²) in [6, 6.07) is 11.0. The zero-order valence-electron chi connectivity index (χ0n) is 16.5. The van der Waals surface area contributed by atoms with Gasteiger partial charge in [0, 0.05) is 25.6 Å². The van der Waals surface area contributed by atoms with E-state index in [0.29, 0.717) is 6.54 Å². The number of ether oxygens (including phenoxy) is 1. The highest BCUT2D eigenvalue weighted by molar-refractivity contribution is 7.89. The van der Waals surface area contributed by atoms with Crippen LogP contribution in [0.25, 0.3) is 0 Å². The van der Waals surface area contributed by atoms with Crippen molar-refractivity contribution in [3.8, 4) is 5.75 Å². The first kappa shape index (κ1) is 23.1. The summed E-state index contributed by atoms with van der Waals surface area (Å²) in [6.45, 7) is 0.661. The third kappa shape index (κ3) is 7.01. The quantitative estimate of drug-likeness (QED) is 0.276. The lowest BCUT2D eigenvalue weighted by Gasteiger charge is -2.09. The standard InChI is InChI=1S/C19H24N4O6S/c1-29-15-6-4-14(5-7-15)3-2-11-22-19(24)10-12-21-17-9-8-16(30(20,27)28)13-18(17)23(25)26/h4-9,13,21H,2-3,10-12H2,1H3,(H,22,24)(H2,20,27,28). The van der Waals surface area contributed by atoms with Gasteiger partial charge in [-0.15, -0.1) is 0 Å². The molecule has 0 aromatic heterocycles. The molecule has 0 radical (unpaired) electrons. The number of methoxy groups -OCH3 is 1. The average Bonchev–Trinajstić information content (AvgIpc) is 2.71. The Hall–Kier alpha value is -3.18. The Labute approximate surface area is 174 Å². The summed E-state index contributed by atoms with van der Waals surface area (Å²) in [5.41, 5.74) is 0.822. The smallest absolute Gasteiger partial charge is 0.293 e. The molecule has 0 atom stereocenters. The van der Waals surface area contributed by atoms with Gasteiger partial charge in [0.05, 0.1) is 16.9 Å². The number of nitro benzene ring substituents is 1. The first-order valence-corrected chi connectivity index (χ1v) is 10.7. The van der Waals surface area contributed by atoms with E-state index >= 15 is 0 Å². The van der Waals surface area contributed by atoms with Crippen LogP contribution in [0.2, 0.25) is 0 Å². The second kappa shape index (κ2) is 10.6. The number of nitro groups is 1. The van der Waals surface area contributed by atoms with Gasteiger partial charge in [0.25, 0.3) is 5.69 Å². The van der Waals surface area contributed by atoms with Crippen molar-refractivity contribution in [2.75, 3.05) is 25.5 Å². The van der Waals surface area contributed by atoms with Crippen molar-refractivity contribution in [1.82, 2.24) is 5.32 Å². The fourth-order valence-corrected chi connectivity index (χ4v) is 3.23. The number of benzene rings is 2. The molecule has 2 aromatic rings. The lowest BCUT2D eigenvalue weighted by Crippen LogP contribution is -2.26. The zero-order chi connectivity index (χ0) is 22.1. The van der Waals surface area contributed by atoms with Gasteiger partial charge in [0.1, 0.15) is 11.4 Å². The summed E-state index contributed by atoms with van der Waals surface area (Å²) >= 11 is 0. The fraction of sp³-hybridized carbons (Fsp3) is 0.316. The van der Waals surface area contributed by atoms with Crippen LogP contribution in [-0.2, 0) is 21.2 Å². The molecule has 1 amide bonds. The van der Waals surface area contributed by atoms with Crippen molar-refractivity contribution in [3.63, 3.8) is 0 Å². The number of nitrogens with one attached hydrogen (secondary N) is 2. The Morgan fingerprint density at radius 2 is 1.87 bits per heavy atom. The van der Waals surface area contributed by atoms with Gasteiger partial charge in [-0.1, -0.05) is 12.1 Å². The van der Waals surface area contributed by atoms with Crippen LogP contribution in [0.1, 0.15) is 18.4 Å². The first-order chi connectivity index (χ1) is 14.2. The van der Waals surface area contributed by atoms with Gasteiger partial charge in [-0.2, -0.15) is 0 Å². The second-order valence-corrected chi connectivity index (χ2v) is 8.02. The SMILES string of the molecule is COc1ccc(CCCNC(=O)CCNc2ccc(S(N)(=O)=O)cc2[N+](=O)[O-])cc1. The largest absolute Gasteiger partial charge is 0.497 e. The number of carbonyl (C=O) groups is 1. The topological polar surface area (TPSA) is 154 Å². The highest BCUT2D eigenvalue weighted by atomic mass is 32.2. The first-order valence-electron chi connectivity index (χ1n) is 9.15. The van der Waals surface area contributed by atoms with E-state index in [1.54, 1.807) is 7.11 Å². The summed E-state index contributed by atoms with van der Waals surface area (Å²) in [6.07, 6.45) is 1.69. The van der Waals surface area contributed by atoms with Crippen LogP contribution >= 0.6 is 0 Å². The minimum Gasteiger partial charge on any atom is -0.497 e. The van der Waals surface area contributed by atoms with Gasteiger partial charge < -0.3 is 15.4 Å². The number of rotatable bonds is 11. The van der Waals surface area contributed by atoms with Crippen LogP contribution in [0.3, 0.4) is 0 Å². The molecule has 0 saturated carbocycles. The molecule has 0 spiro atoms. The molecule has 0 bridgehead atoms. The molecular formula is C19H24N4O6S. The van der Waals surface area contributed by atoms with E-state index in [-0.39, 0.29) is 29.5 Å². The minimum atomic E-state index is -4.05. The van der Waals surface area contributed by atoms with Crippen LogP contribution in [0.5, 0.6) is 5.75 Å². The molecule has 30 heavy (non-hydrogen) atoms. The van der Waals surface area contributed by atoms with Crippen molar-refractivity contribution >= 4 is 27.3 Å². The number of hydrogen-bond acceptors (Lipinski definition) is 7. The summed E-state index contributed by atoms with van der Waals surface area (Å²) in [5.74, 6) is 0.597. The van der Waals surface area contributed by atoms with Crippen molar-refractivity contribution < 1.29 is 22.9 Å². The summed E-state index contributed by atoms with van der Waals surface area (Å²) < 4.78 is 27.8. The van der Waals surface area contributed by atoms with E-state index in [1.165, 1.54) is 12.1 Å². The lowest BCUT2D eigenvalue weighted by atomic mass is 10.1. The van der Waals surface area contributed by atoms with Crippen molar-refractivity contribution in [2.45, 2.75) is 24.2 Å². The van der Waals surface area contributed by atoms with Crippen LogP contribution < -0.4 is 20.5 Å². The predicted molar refractivity (Wildman–Crippen MR) is 112 cm³/mol. The molecule has 10 nitrogen and oxygen atoms in total. The molecule has 2 rings (SSSR count). The van der Waals surface area contributed by atoms with E-state index < -0.39 is 20.6 Å². The fourth-order valence-electron chi connectivity index (χ4n) is 2.70. The van der Waals surface area contributed by atoms with Gasteiger partial charge in [-0.3, -0.25) is 14.9 Å². The van der Waals surface area contributed by atoms with E-state index in [9.17, 15) is 23.3 Å². The predicted octanol–water partition coefficient (Wildman–Crippen LogP) is 1.80. The Morgan fingerprint density at radius 3 is 2.47 bits per heavy atom. The number of nitrogens with zero attached hydrogens (tertiary/aromatic N) is 1.